The molecule has 0 N–H and O–H groups in total. The normalized spacial score (nSPS) is 12.3. The quantitative estimate of drug-likeness (QED) is 0.173. The second kappa shape index (κ2) is 13.9. The van der Waals surface area contributed by atoms with Gasteiger partial charge in [-0.05, 0) is 5.41 Å². The largest absolute Gasteiger partial charge is 0.126 e. The van der Waals surface area contributed by atoms with Crippen molar-refractivity contribution in [1.82, 2.24) is 0 Å². The van der Waals surface area contributed by atoms with E-state index >= 15 is 0 Å². The van der Waals surface area contributed by atoms with Gasteiger partial charge in [0, 0.05) is 0 Å². The number of hydrogen-bond donors (Lipinski definition) is 0. The van der Waals surface area contributed by atoms with Gasteiger partial charge in [0.2, 0.25) is 0 Å². The SMILES string of the molecule is CC(C)(C)c1ccccc1C1=[C-]CC=C1.[Zr+2]=[C](c1ccccc1)c1ccccc1.c1ccc2c(c1)[cH-]c1ccccc12. The Balaban J connectivity index is 0.000000126. The summed E-state index contributed by atoms with van der Waals surface area (Å²) in [6.07, 6.45) is 8.68. The molecule has 0 spiro atoms. The number of allylic oxidation sites excluding steroid dienone is 4. The summed E-state index contributed by atoms with van der Waals surface area (Å²) < 4.78 is 1.42. The molecule has 0 amide bonds. The zero-order valence-corrected chi connectivity index (χ0v) is 27.1. The first-order valence-corrected chi connectivity index (χ1v) is 15.7. The Bertz CT molecular complexity index is 1730. The van der Waals surface area contributed by atoms with Crippen molar-refractivity contribution >= 4 is 30.3 Å². The molecule has 1 aliphatic rings. The number of rotatable bonds is 3. The molecule has 0 unspecified atom stereocenters. The fraction of sp³-hybridized carbons (Fsp3) is 0.122. The van der Waals surface area contributed by atoms with Crippen LogP contribution in [0.3, 0.4) is 0 Å². The maximum Gasteiger partial charge on any atom is -0.0771 e. The Morgan fingerprint density at radius 2 is 1.10 bits per heavy atom. The Morgan fingerprint density at radius 1 is 0.619 bits per heavy atom. The Hall–Kier alpha value is -3.80. The minimum atomic E-state index is 0.196. The number of benzene rings is 5. The van der Waals surface area contributed by atoms with E-state index in [0.717, 1.165) is 6.42 Å². The van der Waals surface area contributed by atoms with Crippen LogP contribution in [-0.2, 0) is 29.7 Å². The van der Waals surface area contributed by atoms with E-state index in [1.54, 1.807) is 0 Å². The van der Waals surface area contributed by atoms with Gasteiger partial charge in [-0.25, -0.2) is 0 Å². The van der Waals surface area contributed by atoms with Crippen LogP contribution in [0.25, 0.3) is 27.1 Å². The van der Waals surface area contributed by atoms with Crippen LogP contribution in [0.1, 0.15) is 49.4 Å². The van der Waals surface area contributed by atoms with Gasteiger partial charge in [0.05, 0.1) is 0 Å². The maximum atomic E-state index is 3.39. The third-order valence-electron chi connectivity index (χ3n) is 7.37. The first kappa shape index (κ1) is 29.7. The van der Waals surface area contributed by atoms with Crippen LogP contribution >= 0.6 is 0 Å². The van der Waals surface area contributed by atoms with Crippen molar-refractivity contribution in [2.24, 2.45) is 0 Å². The van der Waals surface area contributed by atoms with Crippen LogP contribution in [0.4, 0.5) is 0 Å². The van der Waals surface area contributed by atoms with Crippen molar-refractivity contribution in [2.45, 2.75) is 32.6 Å². The van der Waals surface area contributed by atoms with Crippen molar-refractivity contribution in [1.29, 1.82) is 0 Å². The molecule has 6 aromatic rings. The minimum absolute atomic E-state index is 0.196. The van der Waals surface area contributed by atoms with Crippen molar-refractivity contribution in [2.75, 3.05) is 0 Å². The van der Waals surface area contributed by atoms with E-state index in [1.807, 2.05) is 0 Å². The zero-order chi connectivity index (χ0) is 29.4. The maximum absolute atomic E-state index is 3.39. The van der Waals surface area contributed by atoms with Crippen LogP contribution in [-0.4, -0.2) is 3.21 Å². The summed E-state index contributed by atoms with van der Waals surface area (Å²) in [6, 6.07) is 49.0. The molecule has 0 saturated heterocycles. The average molecular weight is 620 g/mol. The van der Waals surface area contributed by atoms with E-state index in [1.165, 1.54) is 76.8 Å². The van der Waals surface area contributed by atoms with E-state index < -0.39 is 0 Å². The van der Waals surface area contributed by atoms with Crippen LogP contribution in [0.15, 0.2) is 152 Å². The van der Waals surface area contributed by atoms with Crippen molar-refractivity contribution < 1.29 is 24.2 Å². The van der Waals surface area contributed by atoms with Gasteiger partial charge >= 0.3 is 99.2 Å². The molecule has 0 atom stereocenters. The Labute approximate surface area is 265 Å². The molecule has 1 aliphatic carbocycles. The summed E-state index contributed by atoms with van der Waals surface area (Å²) in [5.41, 5.74) is 6.84. The fourth-order valence-corrected chi connectivity index (χ4v) is 6.06. The summed E-state index contributed by atoms with van der Waals surface area (Å²) in [5, 5.41) is 5.39. The molecule has 0 radical (unpaired) electrons. The van der Waals surface area contributed by atoms with Gasteiger partial charge in [-0.3, -0.25) is 0 Å². The molecule has 1 heteroatoms. The van der Waals surface area contributed by atoms with E-state index in [2.05, 4.69) is 179 Å². The van der Waals surface area contributed by atoms with E-state index in [9.17, 15) is 0 Å². The smallest absolute Gasteiger partial charge is 0.0771 e. The second-order valence-electron chi connectivity index (χ2n) is 11.4. The van der Waals surface area contributed by atoms with Crippen molar-refractivity contribution in [3.63, 3.8) is 0 Å². The van der Waals surface area contributed by atoms with E-state index in [0.29, 0.717) is 0 Å². The van der Waals surface area contributed by atoms with Crippen LogP contribution in [0.2, 0.25) is 0 Å². The molecule has 0 heterocycles. The summed E-state index contributed by atoms with van der Waals surface area (Å²) >= 11 is 1.46. The summed E-state index contributed by atoms with van der Waals surface area (Å²) in [4.78, 5) is 0. The van der Waals surface area contributed by atoms with Gasteiger partial charge in [-0.15, -0.1) is 57.4 Å². The molecule has 0 bridgehead atoms. The molecule has 0 nitrogen and oxygen atoms in total. The molecular formula is C41H36Zr. The molecule has 7 rings (SSSR count). The van der Waals surface area contributed by atoms with Gasteiger partial charge in [-0.1, -0.05) is 87.4 Å². The van der Waals surface area contributed by atoms with Gasteiger partial charge in [-0.2, -0.15) is 17.7 Å². The van der Waals surface area contributed by atoms with Crippen LogP contribution in [0, 0.1) is 6.08 Å². The van der Waals surface area contributed by atoms with Gasteiger partial charge in [0.15, 0.2) is 0 Å². The molecule has 204 valence electrons. The first-order valence-electron chi connectivity index (χ1n) is 14.5. The molecule has 0 saturated carbocycles. The van der Waals surface area contributed by atoms with Crippen LogP contribution in [0.5, 0.6) is 0 Å². The minimum Gasteiger partial charge on any atom is -0.126 e. The fourth-order valence-electron chi connectivity index (χ4n) is 5.24. The Morgan fingerprint density at radius 3 is 1.60 bits per heavy atom. The predicted molar refractivity (Wildman–Crippen MR) is 179 cm³/mol. The first-order chi connectivity index (χ1) is 20.4. The van der Waals surface area contributed by atoms with Crippen LogP contribution < -0.4 is 0 Å². The average Bonchev–Trinajstić information content (AvgIpc) is 3.71. The third kappa shape index (κ3) is 7.34. The number of hydrogen-bond acceptors (Lipinski definition) is 0. The van der Waals surface area contributed by atoms with Crippen molar-refractivity contribution in [3.8, 4) is 0 Å². The monoisotopic (exact) mass is 618 g/mol. The summed E-state index contributed by atoms with van der Waals surface area (Å²) in [6.45, 7) is 6.77. The molecule has 0 aliphatic heterocycles. The van der Waals surface area contributed by atoms with Gasteiger partial charge in [0.1, 0.15) is 0 Å². The van der Waals surface area contributed by atoms with Gasteiger partial charge < -0.3 is 0 Å². The van der Waals surface area contributed by atoms with Crippen molar-refractivity contribution in [3.05, 3.63) is 180 Å². The standard InChI is InChI=1S/C15H17.C13H9.C13H10.Zr/c1-15(2,3)14-11-7-6-10-13(14)12-8-4-5-9-12;1-3-7-12-10(5-1)9-11-6-2-4-8-13(11)12;1-3-7-12(8-4-1)11-13-9-5-2-6-10-13;/h4,6-8,10-11H,5H2,1-3H3;1-9H;1-10H;/q2*-1;;+2. The van der Waals surface area contributed by atoms with E-state index in [-0.39, 0.29) is 5.41 Å². The van der Waals surface area contributed by atoms with Gasteiger partial charge in [0.25, 0.3) is 0 Å². The molecule has 0 aromatic heterocycles. The second-order valence-corrected chi connectivity index (χ2v) is 12.6. The topological polar surface area (TPSA) is 0 Å². The summed E-state index contributed by atoms with van der Waals surface area (Å²) in [7, 11) is 0. The predicted octanol–water partition coefficient (Wildman–Crippen LogP) is 10.6. The molecular weight excluding hydrogens is 584 g/mol. The molecule has 6 aromatic carbocycles. The number of fused-ring (bicyclic) bond motifs is 3. The molecule has 0 fully saturated rings. The molecule has 42 heavy (non-hydrogen) atoms. The van der Waals surface area contributed by atoms with E-state index in [4.69, 9.17) is 0 Å². The zero-order valence-electron chi connectivity index (χ0n) is 24.6. The Kier molecular flexibility index (Phi) is 9.83. The third-order valence-corrected chi connectivity index (χ3v) is 8.79. The summed E-state index contributed by atoms with van der Waals surface area (Å²) in [5.74, 6) is 0.